The summed E-state index contributed by atoms with van der Waals surface area (Å²) >= 11 is 0. The fraction of sp³-hybridized carbons (Fsp3) is 0.158. The average Bonchev–Trinajstić information content (AvgIpc) is 3.28. The van der Waals surface area contributed by atoms with Crippen molar-refractivity contribution in [3.8, 4) is 0 Å². The van der Waals surface area contributed by atoms with E-state index in [4.69, 9.17) is 4.74 Å². The maximum Gasteiger partial charge on any atom is 2.00 e. The summed E-state index contributed by atoms with van der Waals surface area (Å²) in [6.45, 7) is 1.44. The Labute approximate surface area is 145 Å². The van der Waals surface area contributed by atoms with Gasteiger partial charge in [0.2, 0.25) is 0 Å². The Morgan fingerprint density at radius 1 is 0.818 bits per heavy atom. The summed E-state index contributed by atoms with van der Waals surface area (Å²) in [6, 6.07) is 4.20. The van der Waals surface area contributed by atoms with Crippen LogP contribution in [0.4, 0.5) is 0 Å². The first-order valence-electron chi connectivity index (χ1n) is 7.10. The molecule has 1 aliphatic heterocycles. The van der Waals surface area contributed by atoms with Crippen LogP contribution in [0.25, 0.3) is 0 Å². The van der Waals surface area contributed by atoms with Crippen LogP contribution in [-0.4, -0.2) is 5.11 Å². The number of ether oxygens (including phenoxy) is 1. The van der Waals surface area contributed by atoms with Gasteiger partial charge in [0.1, 0.15) is 0 Å². The minimum atomic E-state index is 0. The smallest absolute Gasteiger partial charge is 0.392 e. The van der Waals surface area contributed by atoms with Crippen molar-refractivity contribution in [2.45, 2.75) is 19.8 Å². The van der Waals surface area contributed by atoms with Crippen LogP contribution in [0, 0.1) is 63.7 Å². The second-order valence-corrected chi connectivity index (χ2v) is 5.06. The van der Waals surface area contributed by atoms with E-state index < -0.39 is 0 Å². The fourth-order valence-corrected chi connectivity index (χ4v) is 2.55. The molecule has 0 atom stereocenters. The summed E-state index contributed by atoms with van der Waals surface area (Å²) < 4.78 is 5.41. The van der Waals surface area contributed by atoms with E-state index >= 15 is 0 Å². The van der Waals surface area contributed by atoms with E-state index in [1.165, 1.54) is 17.0 Å². The Morgan fingerprint density at radius 2 is 1.36 bits per heavy atom. The van der Waals surface area contributed by atoms with Crippen LogP contribution in [0.2, 0.25) is 0 Å². The maximum absolute atomic E-state index is 9.41. The first kappa shape index (κ1) is 18.0. The van der Waals surface area contributed by atoms with Gasteiger partial charge in [-0.3, -0.25) is 0 Å². The summed E-state index contributed by atoms with van der Waals surface area (Å²) in [5, 5.41) is 9.41. The third-order valence-corrected chi connectivity index (χ3v) is 3.64. The fourth-order valence-electron chi connectivity index (χ4n) is 2.55. The van der Waals surface area contributed by atoms with E-state index in [2.05, 4.69) is 25.0 Å². The standard InChI is InChI=1S/C14H13O2.C5H5.Fe/c15-7-11-5-12-8-16-9-13(12)6-14(11)10-3-1-2-4-10;1-2-4-5-3-1;/h1-6,15H,7-9H2;1-5H;/q;;+2. The van der Waals surface area contributed by atoms with Crippen molar-refractivity contribution in [1.29, 1.82) is 0 Å². The molecule has 4 rings (SSSR count). The number of fused-ring (bicyclic) bond motifs is 1. The topological polar surface area (TPSA) is 29.5 Å². The average molecular weight is 334 g/mol. The van der Waals surface area contributed by atoms with Gasteiger partial charge in [0.05, 0.1) is 19.8 Å². The second kappa shape index (κ2) is 9.08. The molecule has 0 spiro atoms. The SMILES string of the molecule is OCc1cc2c(cc1[C]1[CH][CH][CH][CH]1)COC2.[CH]1[CH][CH][CH][CH]1.[Fe+2]. The van der Waals surface area contributed by atoms with Crippen LogP contribution in [0.15, 0.2) is 12.1 Å². The summed E-state index contributed by atoms with van der Waals surface area (Å²) in [5.41, 5.74) is 4.56. The van der Waals surface area contributed by atoms with Crippen LogP contribution < -0.4 is 0 Å². The van der Waals surface area contributed by atoms with Gasteiger partial charge in [-0.2, -0.15) is 0 Å². The zero-order chi connectivity index (χ0) is 14.5. The van der Waals surface area contributed by atoms with Gasteiger partial charge < -0.3 is 9.84 Å². The molecule has 0 aromatic heterocycles. The van der Waals surface area contributed by atoms with E-state index in [0.29, 0.717) is 13.2 Å². The Kier molecular flexibility index (Phi) is 7.43. The van der Waals surface area contributed by atoms with Gasteiger partial charge in [-0.05, 0) is 80.0 Å². The van der Waals surface area contributed by atoms with Crippen molar-refractivity contribution >= 4 is 0 Å². The van der Waals surface area contributed by atoms with Crippen LogP contribution in [0.5, 0.6) is 0 Å². The van der Waals surface area contributed by atoms with Crippen molar-refractivity contribution in [2.75, 3.05) is 0 Å². The van der Waals surface area contributed by atoms with Crippen molar-refractivity contribution in [3.05, 3.63) is 98.1 Å². The molecule has 112 valence electrons. The molecule has 1 aromatic rings. The van der Waals surface area contributed by atoms with Gasteiger partial charge in [0.15, 0.2) is 0 Å². The molecular formula is C19H18FeO2+2. The molecule has 22 heavy (non-hydrogen) atoms. The summed E-state index contributed by atoms with van der Waals surface area (Å²) in [7, 11) is 0. The Balaban J connectivity index is 0.000000253. The van der Waals surface area contributed by atoms with Crippen molar-refractivity contribution in [1.82, 2.24) is 0 Å². The molecule has 2 aliphatic carbocycles. The first-order valence-corrected chi connectivity index (χ1v) is 7.10. The molecule has 2 saturated carbocycles. The third-order valence-electron chi connectivity index (χ3n) is 3.64. The van der Waals surface area contributed by atoms with E-state index in [1.54, 1.807) is 0 Å². The largest absolute Gasteiger partial charge is 2.00 e. The number of aliphatic hydroxyl groups excluding tert-OH is 1. The van der Waals surface area contributed by atoms with Crippen LogP contribution in [-0.2, 0) is 41.6 Å². The molecule has 1 heterocycles. The van der Waals surface area contributed by atoms with Crippen molar-refractivity contribution < 1.29 is 26.9 Å². The van der Waals surface area contributed by atoms with Gasteiger partial charge in [0.25, 0.3) is 0 Å². The summed E-state index contributed by atoms with van der Waals surface area (Å²) in [4.78, 5) is 0. The normalized spacial score (nSPS) is 20.2. The second-order valence-electron chi connectivity index (χ2n) is 5.06. The van der Waals surface area contributed by atoms with Gasteiger partial charge in [-0.25, -0.2) is 0 Å². The molecule has 0 amide bonds. The predicted octanol–water partition coefficient (Wildman–Crippen LogP) is 2.98. The molecule has 3 aliphatic rings. The monoisotopic (exact) mass is 334 g/mol. The molecule has 2 fully saturated rings. The molecule has 0 bridgehead atoms. The molecule has 0 unspecified atom stereocenters. The number of benzene rings is 1. The predicted molar refractivity (Wildman–Crippen MR) is 81.9 cm³/mol. The Hall–Kier alpha value is -0.341. The van der Waals surface area contributed by atoms with Crippen molar-refractivity contribution in [2.24, 2.45) is 0 Å². The maximum atomic E-state index is 9.41. The third kappa shape index (κ3) is 4.35. The Bertz CT molecular complexity index is 455. The number of hydrogen-bond acceptors (Lipinski definition) is 2. The zero-order valence-electron chi connectivity index (χ0n) is 12.2. The Morgan fingerprint density at radius 3 is 1.91 bits per heavy atom. The van der Waals surface area contributed by atoms with Gasteiger partial charge >= 0.3 is 17.1 Å². The molecular weight excluding hydrogens is 316 g/mol. The summed E-state index contributed by atoms with van der Waals surface area (Å²) in [5.74, 6) is 1.17. The quantitative estimate of drug-likeness (QED) is 0.843. The molecule has 3 heteroatoms. The number of aliphatic hydroxyl groups is 1. The zero-order valence-corrected chi connectivity index (χ0v) is 13.3. The van der Waals surface area contributed by atoms with E-state index in [-0.39, 0.29) is 23.7 Å². The molecule has 2 nitrogen and oxygen atoms in total. The molecule has 0 saturated heterocycles. The molecule has 1 aromatic carbocycles. The van der Waals surface area contributed by atoms with Gasteiger partial charge in [-0.1, -0.05) is 12.1 Å². The van der Waals surface area contributed by atoms with E-state index in [1.807, 2.05) is 44.9 Å². The minimum Gasteiger partial charge on any atom is -0.392 e. The minimum absolute atomic E-state index is 0. The number of hydrogen-bond donors (Lipinski definition) is 1. The van der Waals surface area contributed by atoms with E-state index in [0.717, 1.165) is 11.1 Å². The van der Waals surface area contributed by atoms with Crippen LogP contribution >= 0.6 is 0 Å². The van der Waals surface area contributed by atoms with Crippen LogP contribution in [0.3, 0.4) is 0 Å². The summed E-state index contributed by atoms with van der Waals surface area (Å²) in [6.07, 6.45) is 18.2. The van der Waals surface area contributed by atoms with Crippen molar-refractivity contribution in [3.63, 3.8) is 0 Å². The van der Waals surface area contributed by atoms with Crippen LogP contribution in [0.1, 0.15) is 22.3 Å². The number of rotatable bonds is 2. The molecule has 1 N–H and O–H groups in total. The van der Waals surface area contributed by atoms with Gasteiger partial charge in [-0.15, -0.1) is 0 Å². The van der Waals surface area contributed by atoms with E-state index in [9.17, 15) is 5.11 Å². The first-order chi connectivity index (χ1) is 10.4. The molecule has 10 radical (unpaired) electrons. The van der Waals surface area contributed by atoms with Gasteiger partial charge in [0, 0.05) is 5.92 Å².